The highest BCUT2D eigenvalue weighted by molar-refractivity contribution is 7.13. The Hall–Kier alpha value is -1.67. The first-order chi connectivity index (χ1) is 8.54. The van der Waals surface area contributed by atoms with Gasteiger partial charge in [-0.1, -0.05) is 5.16 Å². The van der Waals surface area contributed by atoms with Crippen LogP contribution in [0.1, 0.15) is 12.1 Å². The summed E-state index contributed by atoms with van der Waals surface area (Å²) in [6, 6.07) is 0. The number of thiazole rings is 1. The third kappa shape index (κ3) is 4.30. The number of nitrogens with two attached hydrogens (primary N) is 1. The van der Waals surface area contributed by atoms with Crippen LogP contribution in [-0.2, 0) is 4.79 Å². The molecule has 0 fully saturated rings. The van der Waals surface area contributed by atoms with E-state index in [1.54, 1.807) is 5.38 Å². The van der Waals surface area contributed by atoms with Gasteiger partial charge >= 0.3 is 0 Å². The molecule has 7 nitrogen and oxygen atoms in total. The van der Waals surface area contributed by atoms with Crippen molar-refractivity contribution in [3.05, 3.63) is 11.1 Å². The van der Waals surface area contributed by atoms with Gasteiger partial charge in [0.2, 0.25) is 0 Å². The lowest BCUT2D eigenvalue weighted by Crippen LogP contribution is -2.33. The summed E-state index contributed by atoms with van der Waals surface area (Å²) in [5.41, 5.74) is 5.62. The molecule has 1 aromatic heterocycles. The minimum Gasteiger partial charge on any atom is -0.410 e. The maximum absolute atomic E-state index is 11.7. The molecule has 1 aromatic rings. The Kier molecular flexibility index (Phi) is 5.53. The fourth-order valence-electron chi connectivity index (χ4n) is 1.29. The quantitative estimate of drug-likeness (QED) is 0.292. The van der Waals surface area contributed by atoms with Gasteiger partial charge in [-0.3, -0.25) is 4.79 Å². The van der Waals surface area contributed by atoms with E-state index in [0.29, 0.717) is 11.7 Å². The number of nitrogens with one attached hydrogen (secondary N) is 1. The van der Waals surface area contributed by atoms with E-state index in [4.69, 9.17) is 10.9 Å². The van der Waals surface area contributed by atoms with Gasteiger partial charge < -0.3 is 21.2 Å². The molecule has 18 heavy (non-hydrogen) atoms. The predicted molar refractivity (Wildman–Crippen MR) is 71.0 cm³/mol. The summed E-state index contributed by atoms with van der Waals surface area (Å²) in [7, 11) is 3.92. The zero-order valence-corrected chi connectivity index (χ0v) is 11.2. The molecule has 8 heteroatoms. The van der Waals surface area contributed by atoms with Crippen molar-refractivity contribution in [2.75, 3.05) is 32.9 Å². The zero-order chi connectivity index (χ0) is 13.5. The van der Waals surface area contributed by atoms with Crippen LogP contribution in [0.2, 0.25) is 0 Å². The summed E-state index contributed by atoms with van der Waals surface area (Å²) in [5, 5.41) is 16.4. The Morgan fingerprint density at radius 2 is 2.39 bits per heavy atom. The Balaban J connectivity index is 2.49. The minimum absolute atomic E-state index is 0.118. The molecule has 0 aliphatic rings. The van der Waals surface area contributed by atoms with Crippen LogP contribution in [0.15, 0.2) is 10.5 Å². The van der Waals surface area contributed by atoms with Gasteiger partial charge in [0.15, 0.2) is 10.8 Å². The molecule has 0 atom stereocenters. The molecular weight excluding hydrogens is 254 g/mol. The van der Waals surface area contributed by atoms with Crippen molar-refractivity contribution in [1.29, 1.82) is 0 Å². The van der Waals surface area contributed by atoms with Crippen LogP contribution in [0.3, 0.4) is 0 Å². The van der Waals surface area contributed by atoms with Crippen LogP contribution in [0, 0.1) is 0 Å². The summed E-state index contributed by atoms with van der Waals surface area (Å²) in [5.74, 6) is -0.457. The fraction of sp³-hybridized carbons (Fsp3) is 0.500. The first-order valence-electron chi connectivity index (χ1n) is 5.41. The first-order valence-corrected chi connectivity index (χ1v) is 6.29. The molecule has 0 aliphatic heterocycles. The van der Waals surface area contributed by atoms with E-state index in [1.807, 2.05) is 19.0 Å². The second kappa shape index (κ2) is 6.92. The van der Waals surface area contributed by atoms with Gasteiger partial charge in [-0.25, -0.2) is 4.98 Å². The van der Waals surface area contributed by atoms with Gasteiger partial charge in [-0.2, -0.15) is 0 Å². The maximum Gasteiger partial charge on any atom is 0.275 e. The minimum atomic E-state index is -0.457. The molecule has 0 spiro atoms. The molecule has 1 heterocycles. The summed E-state index contributed by atoms with van der Waals surface area (Å²) in [6.45, 7) is 1.38. The summed E-state index contributed by atoms with van der Waals surface area (Å²) in [6.07, 6.45) is 0.816. The number of rotatable bonds is 6. The summed E-state index contributed by atoms with van der Waals surface area (Å²) < 4.78 is 0. The van der Waals surface area contributed by atoms with Gasteiger partial charge in [-0.15, -0.1) is 11.3 Å². The van der Waals surface area contributed by atoms with Crippen molar-refractivity contribution in [3.8, 4) is 0 Å². The van der Waals surface area contributed by atoms with Crippen molar-refractivity contribution < 1.29 is 10.0 Å². The topological polar surface area (TPSA) is 104 Å². The lowest BCUT2D eigenvalue weighted by molar-refractivity contribution is -0.114. The van der Waals surface area contributed by atoms with Gasteiger partial charge in [0.1, 0.15) is 5.69 Å². The molecule has 4 N–H and O–H groups in total. The number of anilines is 1. The van der Waals surface area contributed by atoms with E-state index >= 15 is 0 Å². The number of nitrogens with zero attached hydrogens (tertiary/aromatic N) is 3. The molecule has 0 unspecified atom stereocenters. The van der Waals surface area contributed by atoms with Gasteiger partial charge in [-0.05, 0) is 27.1 Å². The molecule has 100 valence electrons. The molecule has 0 aromatic carbocycles. The van der Waals surface area contributed by atoms with Crippen LogP contribution < -0.4 is 11.1 Å². The summed E-state index contributed by atoms with van der Waals surface area (Å²) in [4.78, 5) is 17.7. The molecule has 0 saturated carbocycles. The second-order valence-corrected chi connectivity index (χ2v) is 4.82. The van der Waals surface area contributed by atoms with Crippen LogP contribution in [0.5, 0.6) is 0 Å². The molecular formula is C10H17N5O2S. The number of carbonyl (C=O) groups excluding carboxylic acids is 1. The van der Waals surface area contributed by atoms with Crippen molar-refractivity contribution in [3.63, 3.8) is 0 Å². The Bertz CT molecular complexity index is 430. The third-order valence-corrected chi connectivity index (χ3v) is 2.82. The monoisotopic (exact) mass is 271 g/mol. The molecule has 1 rings (SSSR count). The van der Waals surface area contributed by atoms with Crippen LogP contribution in [0.4, 0.5) is 5.13 Å². The Morgan fingerprint density at radius 3 is 2.89 bits per heavy atom. The normalized spacial score (nSPS) is 11.8. The predicted octanol–water partition coefficient (Wildman–Crippen LogP) is -0.0285. The smallest absolute Gasteiger partial charge is 0.275 e. The first kappa shape index (κ1) is 14.4. The highest BCUT2D eigenvalue weighted by atomic mass is 32.1. The van der Waals surface area contributed by atoms with Gasteiger partial charge in [0, 0.05) is 11.9 Å². The van der Waals surface area contributed by atoms with E-state index in [2.05, 4.69) is 15.5 Å². The SMILES string of the molecule is CN(C)CCCNC(=O)/C(=N/O)c1csc(N)n1. The number of carbonyl (C=O) groups is 1. The largest absolute Gasteiger partial charge is 0.410 e. The number of oxime groups is 1. The standard InChI is InChI=1S/C10H17N5O2S/c1-15(2)5-3-4-12-9(16)8(14-17)7-6-18-10(11)13-7/h6,17H,3-5H2,1-2H3,(H2,11,13)(H,12,16)/b14-8+. The average molecular weight is 271 g/mol. The molecule has 0 bridgehead atoms. The van der Waals surface area contributed by atoms with Crippen molar-refractivity contribution in [2.24, 2.45) is 5.16 Å². The van der Waals surface area contributed by atoms with Crippen LogP contribution in [0.25, 0.3) is 0 Å². The lowest BCUT2D eigenvalue weighted by Gasteiger charge is -2.09. The molecule has 0 saturated heterocycles. The number of amides is 1. The van der Waals surface area contributed by atoms with Crippen LogP contribution in [-0.4, -0.2) is 53.9 Å². The van der Waals surface area contributed by atoms with Crippen molar-refractivity contribution in [2.45, 2.75) is 6.42 Å². The highest BCUT2D eigenvalue weighted by Crippen LogP contribution is 2.11. The number of hydrogen-bond acceptors (Lipinski definition) is 7. The average Bonchev–Trinajstić information content (AvgIpc) is 2.72. The van der Waals surface area contributed by atoms with Gasteiger partial charge in [0.25, 0.3) is 5.91 Å². The lowest BCUT2D eigenvalue weighted by atomic mass is 10.2. The number of aromatic nitrogens is 1. The van der Waals surface area contributed by atoms with E-state index < -0.39 is 5.91 Å². The van der Waals surface area contributed by atoms with E-state index in [9.17, 15) is 4.79 Å². The number of hydrogen-bond donors (Lipinski definition) is 3. The maximum atomic E-state index is 11.7. The van der Waals surface area contributed by atoms with E-state index in [0.717, 1.165) is 13.0 Å². The van der Waals surface area contributed by atoms with Crippen molar-refractivity contribution in [1.82, 2.24) is 15.2 Å². The van der Waals surface area contributed by atoms with Crippen LogP contribution >= 0.6 is 11.3 Å². The molecule has 0 radical (unpaired) electrons. The molecule has 1 amide bonds. The third-order valence-electron chi connectivity index (χ3n) is 2.15. The van der Waals surface area contributed by atoms with E-state index in [-0.39, 0.29) is 11.4 Å². The highest BCUT2D eigenvalue weighted by Gasteiger charge is 2.17. The summed E-state index contributed by atoms with van der Waals surface area (Å²) >= 11 is 1.19. The Morgan fingerprint density at radius 1 is 1.67 bits per heavy atom. The number of nitrogen functional groups attached to an aromatic ring is 1. The fourth-order valence-corrected chi connectivity index (χ4v) is 1.84. The van der Waals surface area contributed by atoms with E-state index in [1.165, 1.54) is 11.3 Å². The second-order valence-electron chi connectivity index (χ2n) is 3.93. The van der Waals surface area contributed by atoms with Gasteiger partial charge in [0.05, 0.1) is 0 Å². The van der Waals surface area contributed by atoms with Crippen molar-refractivity contribution >= 4 is 28.1 Å². The Labute approximate surface area is 109 Å². The zero-order valence-electron chi connectivity index (χ0n) is 10.4. The molecule has 0 aliphatic carbocycles.